The van der Waals surface area contributed by atoms with E-state index in [2.05, 4.69) is 29.2 Å². The molecule has 2 aromatic carbocycles. The van der Waals surface area contributed by atoms with Gasteiger partial charge in [-0.3, -0.25) is 4.90 Å². The smallest absolute Gasteiger partial charge is 0.106 e. The number of morpholine rings is 1. The predicted octanol–water partition coefficient (Wildman–Crippen LogP) is 2.62. The van der Waals surface area contributed by atoms with Crippen LogP contribution in [0.15, 0.2) is 60.7 Å². The fourth-order valence-electron chi connectivity index (χ4n) is 2.77. The third-order valence-electron chi connectivity index (χ3n) is 3.92. The Bertz CT molecular complexity index is 544. The van der Waals surface area contributed by atoms with Gasteiger partial charge in [-0.25, -0.2) is 0 Å². The highest BCUT2D eigenvalue weighted by atomic mass is 16.5. The average molecular weight is 283 g/mol. The van der Waals surface area contributed by atoms with Gasteiger partial charge in [-0.15, -0.1) is 0 Å². The van der Waals surface area contributed by atoms with Crippen LogP contribution < -0.4 is 0 Å². The van der Waals surface area contributed by atoms with Crippen molar-refractivity contribution in [3.8, 4) is 0 Å². The van der Waals surface area contributed by atoms with Crippen molar-refractivity contribution < 1.29 is 9.84 Å². The van der Waals surface area contributed by atoms with Crippen LogP contribution in [-0.2, 0) is 11.3 Å². The minimum absolute atomic E-state index is 0.162. The van der Waals surface area contributed by atoms with Gasteiger partial charge in [0.2, 0.25) is 0 Å². The van der Waals surface area contributed by atoms with Crippen LogP contribution in [0.25, 0.3) is 0 Å². The Morgan fingerprint density at radius 2 is 1.71 bits per heavy atom. The highest BCUT2D eigenvalue weighted by molar-refractivity contribution is 5.19. The number of aliphatic hydroxyl groups is 1. The molecule has 1 unspecified atom stereocenters. The van der Waals surface area contributed by atoms with Crippen molar-refractivity contribution in [3.63, 3.8) is 0 Å². The number of rotatable bonds is 4. The molecule has 21 heavy (non-hydrogen) atoms. The van der Waals surface area contributed by atoms with E-state index < -0.39 is 6.10 Å². The molecular weight excluding hydrogens is 262 g/mol. The SMILES string of the molecule is OC(c1ccccc1)[C@@H]1CN(Cc2ccccc2)CCO1. The van der Waals surface area contributed by atoms with Crippen molar-refractivity contribution in [2.75, 3.05) is 19.7 Å². The van der Waals surface area contributed by atoms with E-state index in [1.807, 2.05) is 36.4 Å². The molecule has 0 aromatic heterocycles. The lowest BCUT2D eigenvalue weighted by atomic mass is 10.0. The van der Waals surface area contributed by atoms with E-state index in [4.69, 9.17) is 4.74 Å². The van der Waals surface area contributed by atoms with E-state index in [9.17, 15) is 5.11 Å². The number of nitrogens with zero attached hydrogens (tertiary/aromatic N) is 1. The van der Waals surface area contributed by atoms with Crippen molar-refractivity contribution in [2.24, 2.45) is 0 Å². The topological polar surface area (TPSA) is 32.7 Å². The molecule has 0 amide bonds. The predicted molar refractivity (Wildman–Crippen MR) is 82.9 cm³/mol. The zero-order valence-corrected chi connectivity index (χ0v) is 12.1. The normalized spacial score (nSPS) is 21.1. The minimum atomic E-state index is -0.565. The first kappa shape index (κ1) is 14.3. The second-order valence-electron chi connectivity index (χ2n) is 5.49. The van der Waals surface area contributed by atoms with Gasteiger partial charge < -0.3 is 9.84 Å². The third kappa shape index (κ3) is 3.70. The molecule has 1 saturated heterocycles. The summed E-state index contributed by atoms with van der Waals surface area (Å²) < 4.78 is 5.77. The van der Waals surface area contributed by atoms with Gasteiger partial charge >= 0.3 is 0 Å². The largest absolute Gasteiger partial charge is 0.386 e. The maximum absolute atomic E-state index is 10.5. The van der Waals surface area contributed by atoms with E-state index in [-0.39, 0.29) is 6.10 Å². The summed E-state index contributed by atoms with van der Waals surface area (Å²) in [5.74, 6) is 0. The number of hydrogen-bond donors (Lipinski definition) is 1. The van der Waals surface area contributed by atoms with Gasteiger partial charge in [-0.2, -0.15) is 0 Å². The van der Waals surface area contributed by atoms with Crippen LogP contribution in [0.2, 0.25) is 0 Å². The highest BCUT2D eigenvalue weighted by Gasteiger charge is 2.27. The second kappa shape index (κ2) is 6.85. The molecule has 0 saturated carbocycles. The first-order valence-corrected chi connectivity index (χ1v) is 7.44. The Kier molecular flexibility index (Phi) is 4.65. The fourth-order valence-corrected chi connectivity index (χ4v) is 2.77. The van der Waals surface area contributed by atoms with E-state index in [0.29, 0.717) is 6.61 Å². The summed E-state index contributed by atoms with van der Waals surface area (Å²) in [5.41, 5.74) is 2.22. The average Bonchev–Trinajstić information content (AvgIpc) is 2.56. The zero-order chi connectivity index (χ0) is 14.5. The van der Waals surface area contributed by atoms with Crippen molar-refractivity contribution >= 4 is 0 Å². The molecule has 0 spiro atoms. The van der Waals surface area contributed by atoms with Crippen LogP contribution in [0.4, 0.5) is 0 Å². The Hall–Kier alpha value is -1.68. The van der Waals surface area contributed by atoms with Crippen molar-refractivity contribution in [1.82, 2.24) is 4.90 Å². The Labute approximate surface area is 125 Å². The first-order chi connectivity index (χ1) is 10.3. The van der Waals surface area contributed by atoms with Crippen LogP contribution in [0.1, 0.15) is 17.2 Å². The van der Waals surface area contributed by atoms with Gasteiger partial charge in [-0.05, 0) is 11.1 Å². The molecule has 0 bridgehead atoms. The van der Waals surface area contributed by atoms with Crippen molar-refractivity contribution in [3.05, 3.63) is 71.8 Å². The molecule has 1 fully saturated rings. The van der Waals surface area contributed by atoms with Crippen molar-refractivity contribution in [1.29, 1.82) is 0 Å². The summed E-state index contributed by atoms with van der Waals surface area (Å²) in [6.45, 7) is 3.24. The summed E-state index contributed by atoms with van der Waals surface area (Å²) in [4.78, 5) is 2.34. The van der Waals surface area contributed by atoms with E-state index in [1.165, 1.54) is 5.56 Å². The third-order valence-corrected chi connectivity index (χ3v) is 3.92. The van der Waals surface area contributed by atoms with Gasteiger partial charge in [-0.1, -0.05) is 60.7 Å². The van der Waals surface area contributed by atoms with Gasteiger partial charge in [0.15, 0.2) is 0 Å². The molecule has 0 aliphatic carbocycles. The second-order valence-corrected chi connectivity index (χ2v) is 5.49. The maximum atomic E-state index is 10.5. The minimum Gasteiger partial charge on any atom is -0.386 e. The summed E-state index contributed by atoms with van der Waals surface area (Å²) in [5, 5.41) is 10.5. The molecule has 2 aromatic rings. The van der Waals surface area contributed by atoms with Gasteiger partial charge in [0.05, 0.1) is 6.61 Å². The lowest BCUT2D eigenvalue weighted by Gasteiger charge is -2.35. The Balaban J connectivity index is 1.63. The molecule has 110 valence electrons. The van der Waals surface area contributed by atoms with Crippen LogP contribution >= 0.6 is 0 Å². The lowest BCUT2D eigenvalue weighted by Crippen LogP contribution is -2.44. The highest BCUT2D eigenvalue weighted by Crippen LogP contribution is 2.22. The van der Waals surface area contributed by atoms with E-state index in [1.54, 1.807) is 0 Å². The maximum Gasteiger partial charge on any atom is 0.106 e. The number of hydrogen-bond acceptors (Lipinski definition) is 3. The Morgan fingerprint density at radius 3 is 2.43 bits per heavy atom. The molecule has 1 aliphatic heterocycles. The molecule has 3 heteroatoms. The zero-order valence-electron chi connectivity index (χ0n) is 12.1. The molecule has 0 radical (unpaired) electrons. The lowest BCUT2D eigenvalue weighted by molar-refractivity contribution is -0.0918. The van der Waals surface area contributed by atoms with E-state index in [0.717, 1.165) is 25.2 Å². The summed E-state index contributed by atoms with van der Waals surface area (Å²) >= 11 is 0. The Morgan fingerprint density at radius 1 is 1.05 bits per heavy atom. The number of benzene rings is 2. The molecule has 2 atom stereocenters. The summed E-state index contributed by atoms with van der Waals surface area (Å²) in [6.07, 6.45) is -0.727. The molecule has 3 nitrogen and oxygen atoms in total. The van der Waals surface area contributed by atoms with Gasteiger partial charge in [0.1, 0.15) is 12.2 Å². The molecule has 1 N–H and O–H groups in total. The molecular formula is C18H21NO2. The number of ether oxygens (including phenoxy) is 1. The first-order valence-electron chi connectivity index (χ1n) is 7.44. The van der Waals surface area contributed by atoms with Gasteiger partial charge in [0, 0.05) is 19.6 Å². The fraction of sp³-hybridized carbons (Fsp3) is 0.333. The van der Waals surface area contributed by atoms with Crippen molar-refractivity contribution in [2.45, 2.75) is 18.8 Å². The standard InChI is InChI=1S/C18H21NO2/c20-18(16-9-5-2-6-10-16)17-14-19(11-12-21-17)13-15-7-3-1-4-8-15/h1-10,17-18,20H,11-14H2/t17-,18?/m0/s1. The summed E-state index contributed by atoms with van der Waals surface area (Å²) in [7, 11) is 0. The van der Waals surface area contributed by atoms with Crippen LogP contribution in [0, 0.1) is 0 Å². The van der Waals surface area contributed by atoms with E-state index >= 15 is 0 Å². The molecule has 3 rings (SSSR count). The quantitative estimate of drug-likeness (QED) is 0.936. The molecule has 1 aliphatic rings. The number of aliphatic hydroxyl groups excluding tert-OH is 1. The molecule has 1 heterocycles. The van der Waals surface area contributed by atoms with Gasteiger partial charge in [0.25, 0.3) is 0 Å². The van der Waals surface area contributed by atoms with Crippen LogP contribution in [0.3, 0.4) is 0 Å². The van der Waals surface area contributed by atoms with Crippen LogP contribution in [-0.4, -0.2) is 35.8 Å². The monoisotopic (exact) mass is 283 g/mol. The summed E-state index contributed by atoms with van der Waals surface area (Å²) in [6, 6.07) is 20.2. The van der Waals surface area contributed by atoms with Crippen LogP contribution in [0.5, 0.6) is 0 Å².